The number of carbonyl (C=O) groups is 2. The molecule has 0 saturated carbocycles. The van der Waals surface area contributed by atoms with Crippen molar-refractivity contribution in [3.8, 4) is 0 Å². The number of hydrogen-bond acceptors (Lipinski definition) is 3. The van der Waals surface area contributed by atoms with Crippen LogP contribution in [0.25, 0.3) is 0 Å². The van der Waals surface area contributed by atoms with E-state index < -0.39 is 5.60 Å². The number of nitrogens with one attached hydrogen (secondary N) is 2. The third-order valence-electron chi connectivity index (χ3n) is 3.83. The van der Waals surface area contributed by atoms with E-state index >= 15 is 0 Å². The van der Waals surface area contributed by atoms with Crippen molar-refractivity contribution in [3.05, 3.63) is 71.3 Å². The van der Waals surface area contributed by atoms with Crippen LogP contribution in [-0.4, -0.2) is 24.0 Å². The molecular weight excluding hydrogens is 304 g/mol. The second-order valence-corrected chi connectivity index (χ2v) is 5.87. The molecule has 0 aliphatic carbocycles. The number of aliphatic hydroxyl groups is 1. The van der Waals surface area contributed by atoms with Gasteiger partial charge in [0.1, 0.15) is 0 Å². The normalized spacial score (nSPS) is 13.0. The highest BCUT2D eigenvalue weighted by Crippen LogP contribution is 2.23. The molecule has 5 nitrogen and oxygen atoms in total. The van der Waals surface area contributed by atoms with Crippen LogP contribution in [0.3, 0.4) is 0 Å². The Hall–Kier alpha value is -2.66. The molecule has 0 aliphatic rings. The molecule has 24 heavy (non-hydrogen) atoms. The second kappa shape index (κ2) is 7.75. The van der Waals surface area contributed by atoms with Gasteiger partial charge in [0.25, 0.3) is 5.91 Å². The summed E-state index contributed by atoms with van der Waals surface area (Å²) < 4.78 is 0. The molecule has 0 spiro atoms. The van der Waals surface area contributed by atoms with E-state index in [1.165, 1.54) is 0 Å². The predicted octanol–water partition coefficient (Wildman–Crippen LogP) is 1.96. The zero-order valence-electron chi connectivity index (χ0n) is 13.9. The van der Waals surface area contributed by atoms with Crippen molar-refractivity contribution >= 4 is 11.8 Å². The van der Waals surface area contributed by atoms with Gasteiger partial charge in [-0.3, -0.25) is 9.59 Å². The smallest absolute Gasteiger partial charge is 0.251 e. The van der Waals surface area contributed by atoms with Crippen LogP contribution in [0.4, 0.5) is 0 Å². The first kappa shape index (κ1) is 17.7. The number of benzene rings is 2. The van der Waals surface area contributed by atoms with E-state index in [0.29, 0.717) is 17.7 Å². The van der Waals surface area contributed by atoms with E-state index in [9.17, 15) is 14.7 Å². The van der Waals surface area contributed by atoms with E-state index in [1.807, 2.05) is 18.2 Å². The van der Waals surface area contributed by atoms with Gasteiger partial charge in [-0.15, -0.1) is 0 Å². The first-order valence-electron chi connectivity index (χ1n) is 7.78. The molecule has 0 radical (unpaired) electrons. The lowest BCUT2D eigenvalue weighted by Gasteiger charge is -2.23. The van der Waals surface area contributed by atoms with Gasteiger partial charge < -0.3 is 15.7 Å². The Morgan fingerprint density at radius 2 is 1.67 bits per heavy atom. The predicted molar refractivity (Wildman–Crippen MR) is 92.3 cm³/mol. The van der Waals surface area contributed by atoms with Crippen LogP contribution in [0.1, 0.15) is 34.8 Å². The molecule has 126 valence electrons. The van der Waals surface area contributed by atoms with Crippen LogP contribution in [-0.2, 0) is 16.9 Å². The summed E-state index contributed by atoms with van der Waals surface area (Å²) in [7, 11) is 1.58. The molecule has 3 N–H and O–H groups in total. The summed E-state index contributed by atoms with van der Waals surface area (Å²) in [5, 5.41) is 15.8. The first-order valence-corrected chi connectivity index (χ1v) is 7.78. The molecule has 2 rings (SSSR count). The average Bonchev–Trinajstić information content (AvgIpc) is 2.60. The molecular formula is C19H22N2O3. The van der Waals surface area contributed by atoms with Gasteiger partial charge in [0.05, 0.1) is 12.0 Å². The van der Waals surface area contributed by atoms with Gasteiger partial charge >= 0.3 is 0 Å². The van der Waals surface area contributed by atoms with Crippen LogP contribution in [0.5, 0.6) is 0 Å². The molecule has 0 saturated heterocycles. The fraction of sp³-hybridized carbons (Fsp3) is 0.263. The molecule has 5 heteroatoms. The summed E-state index contributed by atoms with van der Waals surface area (Å²) in [5.74, 6) is -0.385. The molecule has 1 atom stereocenters. The van der Waals surface area contributed by atoms with E-state index in [-0.39, 0.29) is 18.2 Å². The fourth-order valence-electron chi connectivity index (χ4n) is 2.39. The summed E-state index contributed by atoms with van der Waals surface area (Å²) in [6.07, 6.45) is -0.0205. The van der Waals surface area contributed by atoms with Crippen LogP contribution in [0, 0.1) is 0 Å². The van der Waals surface area contributed by atoms with E-state index in [0.717, 1.165) is 5.56 Å². The third-order valence-corrected chi connectivity index (χ3v) is 3.83. The third kappa shape index (κ3) is 4.67. The topological polar surface area (TPSA) is 78.4 Å². The van der Waals surface area contributed by atoms with Crippen molar-refractivity contribution in [2.45, 2.75) is 25.5 Å². The van der Waals surface area contributed by atoms with Crippen molar-refractivity contribution in [3.63, 3.8) is 0 Å². The Labute approximate surface area is 141 Å². The first-order chi connectivity index (χ1) is 11.4. The van der Waals surface area contributed by atoms with Gasteiger partial charge in [-0.1, -0.05) is 42.5 Å². The van der Waals surface area contributed by atoms with E-state index in [2.05, 4.69) is 10.6 Å². The van der Waals surface area contributed by atoms with Crippen LogP contribution < -0.4 is 10.6 Å². The van der Waals surface area contributed by atoms with Crippen molar-refractivity contribution in [1.29, 1.82) is 0 Å². The van der Waals surface area contributed by atoms with Crippen molar-refractivity contribution < 1.29 is 14.7 Å². The Balaban J connectivity index is 1.90. The highest BCUT2D eigenvalue weighted by Gasteiger charge is 2.26. The Bertz CT molecular complexity index is 694. The largest absolute Gasteiger partial charge is 0.385 e. The van der Waals surface area contributed by atoms with E-state index in [4.69, 9.17) is 0 Å². The van der Waals surface area contributed by atoms with Crippen LogP contribution >= 0.6 is 0 Å². The Kier molecular flexibility index (Phi) is 5.71. The molecule has 0 aromatic heterocycles. The average molecular weight is 326 g/mol. The maximum absolute atomic E-state index is 12.1. The minimum Gasteiger partial charge on any atom is -0.385 e. The van der Waals surface area contributed by atoms with E-state index in [1.54, 1.807) is 50.4 Å². The highest BCUT2D eigenvalue weighted by atomic mass is 16.3. The molecule has 2 aromatic rings. The van der Waals surface area contributed by atoms with Gasteiger partial charge in [0.15, 0.2) is 0 Å². The summed E-state index contributed by atoms with van der Waals surface area (Å²) in [6, 6.07) is 16.1. The fourth-order valence-corrected chi connectivity index (χ4v) is 2.39. The highest BCUT2D eigenvalue weighted by molar-refractivity contribution is 5.93. The molecule has 2 aromatic carbocycles. The number of hydrogen-bond donors (Lipinski definition) is 3. The molecule has 0 bridgehead atoms. The lowest BCUT2D eigenvalue weighted by atomic mass is 9.92. The molecule has 0 fully saturated rings. The Morgan fingerprint density at radius 1 is 1.04 bits per heavy atom. The van der Waals surface area contributed by atoms with Gasteiger partial charge in [0, 0.05) is 19.2 Å². The van der Waals surface area contributed by atoms with Gasteiger partial charge in [0.2, 0.25) is 5.91 Å². The Morgan fingerprint density at radius 3 is 2.25 bits per heavy atom. The number of amides is 2. The quantitative estimate of drug-likeness (QED) is 0.759. The zero-order valence-corrected chi connectivity index (χ0v) is 13.9. The van der Waals surface area contributed by atoms with Gasteiger partial charge in [-0.25, -0.2) is 0 Å². The lowest BCUT2D eigenvalue weighted by molar-refractivity contribution is -0.126. The standard InChI is InChI=1S/C19H22N2O3/c1-19(24,16-6-4-3-5-7-16)12-17(22)21-13-14-8-10-15(11-9-14)18(23)20-2/h3-11,24H,12-13H2,1-2H3,(H,20,23)(H,21,22). The molecule has 0 heterocycles. The van der Waals surface area contributed by atoms with Gasteiger partial charge in [-0.05, 0) is 30.2 Å². The minimum atomic E-state index is -1.21. The van der Waals surface area contributed by atoms with Gasteiger partial charge in [-0.2, -0.15) is 0 Å². The maximum Gasteiger partial charge on any atom is 0.251 e. The maximum atomic E-state index is 12.1. The molecule has 0 aliphatic heterocycles. The second-order valence-electron chi connectivity index (χ2n) is 5.87. The van der Waals surface area contributed by atoms with Crippen LogP contribution in [0.15, 0.2) is 54.6 Å². The number of carbonyl (C=O) groups excluding carboxylic acids is 2. The van der Waals surface area contributed by atoms with Crippen molar-refractivity contribution in [1.82, 2.24) is 10.6 Å². The summed E-state index contributed by atoms with van der Waals surface area (Å²) in [4.78, 5) is 23.6. The molecule has 1 unspecified atom stereocenters. The van der Waals surface area contributed by atoms with Crippen LogP contribution in [0.2, 0.25) is 0 Å². The minimum absolute atomic E-state index is 0.0205. The lowest BCUT2D eigenvalue weighted by Crippen LogP contribution is -2.32. The summed E-state index contributed by atoms with van der Waals surface area (Å²) >= 11 is 0. The summed E-state index contributed by atoms with van der Waals surface area (Å²) in [5.41, 5.74) is 0.944. The summed E-state index contributed by atoms with van der Waals surface area (Å²) in [6.45, 7) is 1.97. The number of rotatable bonds is 6. The SMILES string of the molecule is CNC(=O)c1ccc(CNC(=O)CC(C)(O)c2ccccc2)cc1. The van der Waals surface area contributed by atoms with Crippen molar-refractivity contribution in [2.75, 3.05) is 7.05 Å². The van der Waals surface area contributed by atoms with Crippen molar-refractivity contribution in [2.24, 2.45) is 0 Å². The monoisotopic (exact) mass is 326 g/mol. The zero-order chi connectivity index (χ0) is 17.6. The molecule has 2 amide bonds.